The van der Waals surface area contributed by atoms with Crippen molar-refractivity contribution in [1.29, 1.82) is 0 Å². The number of methoxy groups -OCH3 is 4. The van der Waals surface area contributed by atoms with Crippen LogP contribution in [0.5, 0.6) is 23.0 Å². The molecule has 0 saturated carbocycles. The van der Waals surface area contributed by atoms with Gasteiger partial charge < -0.3 is 23.7 Å². The van der Waals surface area contributed by atoms with Crippen LogP contribution in [0.15, 0.2) is 36.4 Å². The first-order chi connectivity index (χ1) is 14.0. The quantitative estimate of drug-likeness (QED) is 0.688. The molecule has 2 aromatic rings. The summed E-state index contributed by atoms with van der Waals surface area (Å²) in [5.74, 6) is 0.923. The fraction of sp³-hybridized carbons (Fsp3) is 0.333. The molecule has 1 aliphatic heterocycles. The van der Waals surface area contributed by atoms with Crippen molar-refractivity contribution in [3.8, 4) is 23.0 Å². The van der Waals surface area contributed by atoms with E-state index in [1.807, 2.05) is 6.07 Å². The van der Waals surface area contributed by atoms with E-state index in [0.717, 1.165) is 0 Å². The third-order valence-electron chi connectivity index (χ3n) is 4.68. The molecule has 0 saturated heterocycles. The predicted octanol–water partition coefficient (Wildman–Crippen LogP) is 2.68. The lowest BCUT2D eigenvalue weighted by atomic mass is 10.1. The van der Waals surface area contributed by atoms with Gasteiger partial charge in [0.15, 0.2) is 11.5 Å². The molecule has 154 valence electrons. The summed E-state index contributed by atoms with van der Waals surface area (Å²) in [5.41, 5.74) is 0.900. The Hall–Kier alpha value is -3.42. The summed E-state index contributed by atoms with van der Waals surface area (Å²) in [6, 6.07) is 9.81. The zero-order valence-electron chi connectivity index (χ0n) is 16.8. The summed E-state index contributed by atoms with van der Waals surface area (Å²) in [4.78, 5) is 27.0. The highest BCUT2D eigenvalue weighted by atomic mass is 16.5. The summed E-state index contributed by atoms with van der Waals surface area (Å²) < 4.78 is 26.6. The zero-order chi connectivity index (χ0) is 21.0. The third kappa shape index (κ3) is 3.91. The molecule has 1 atom stereocenters. The maximum absolute atomic E-state index is 13.5. The van der Waals surface area contributed by atoms with E-state index in [0.29, 0.717) is 34.2 Å². The first kappa shape index (κ1) is 20.3. The van der Waals surface area contributed by atoms with Crippen LogP contribution in [0.2, 0.25) is 0 Å². The number of hydrogen-bond donors (Lipinski definition) is 0. The molecule has 1 amide bonds. The number of benzene rings is 2. The molecule has 1 aliphatic rings. The van der Waals surface area contributed by atoms with Gasteiger partial charge in [0, 0.05) is 5.56 Å². The van der Waals surface area contributed by atoms with Crippen LogP contribution in [-0.4, -0.2) is 53.0 Å². The highest BCUT2D eigenvalue weighted by Crippen LogP contribution is 2.40. The van der Waals surface area contributed by atoms with Gasteiger partial charge >= 0.3 is 5.97 Å². The normalized spacial score (nSPS) is 15.0. The Labute approximate surface area is 168 Å². The molecule has 3 rings (SSSR count). The van der Waals surface area contributed by atoms with E-state index in [9.17, 15) is 9.59 Å². The Morgan fingerprint density at radius 2 is 1.69 bits per heavy atom. The van der Waals surface area contributed by atoms with Crippen molar-refractivity contribution >= 4 is 17.6 Å². The van der Waals surface area contributed by atoms with Gasteiger partial charge in [0.05, 0.1) is 46.6 Å². The molecule has 29 heavy (non-hydrogen) atoms. The maximum Gasteiger partial charge on any atom is 0.307 e. The first-order valence-electron chi connectivity index (χ1n) is 8.96. The number of carbonyl (C=O) groups is 2. The van der Waals surface area contributed by atoms with Gasteiger partial charge in [0.1, 0.15) is 12.4 Å². The second-order valence-electron chi connectivity index (χ2n) is 6.30. The number of hydrogen-bond acceptors (Lipinski definition) is 7. The lowest BCUT2D eigenvalue weighted by molar-refractivity contribution is -0.141. The number of amides is 1. The van der Waals surface area contributed by atoms with Crippen LogP contribution in [0.4, 0.5) is 5.69 Å². The first-order valence-corrected chi connectivity index (χ1v) is 8.96. The van der Waals surface area contributed by atoms with Crippen molar-refractivity contribution in [1.82, 2.24) is 0 Å². The Balaban J connectivity index is 2.07. The molecular formula is C21H23NO7. The monoisotopic (exact) mass is 401 g/mol. The number of fused-ring (bicyclic) bond motifs is 1. The molecule has 0 bridgehead atoms. The minimum absolute atomic E-state index is 0.000991. The highest BCUT2D eigenvalue weighted by Gasteiger charge is 2.35. The van der Waals surface area contributed by atoms with Gasteiger partial charge in [-0.2, -0.15) is 0 Å². The van der Waals surface area contributed by atoms with Crippen LogP contribution in [0.1, 0.15) is 16.8 Å². The Morgan fingerprint density at radius 3 is 2.28 bits per heavy atom. The van der Waals surface area contributed by atoms with Crippen molar-refractivity contribution < 1.29 is 33.3 Å². The fourth-order valence-corrected chi connectivity index (χ4v) is 3.28. The van der Waals surface area contributed by atoms with Crippen molar-refractivity contribution in [2.45, 2.75) is 12.5 Å². The van der Waals surface area contributed by atoms with Gasteiger partial charge in [-0.15, -0.1) is 0 Å². The average molecular weight is 401 g/mol. The predicted molar refractivity (Wildman–Crippen MR) is 105 cm³/mol. The Kier molecular flexibility index (Phi) is 6.11. The maximum atomic E-state index is 13.5. The number of ether oxygens (including phenoxy) is 5. The van der Waals surface area contributed by atoms with Crippen LogP contribution < -0.4 is 23.8 Å². The molecule has 8 nitrogen and oxygen atoms in total. The molecule has 8 heteroatoms. The van der Waals surface area contributed by atoms with Crippen LogP contribution in [0, 0.1) is 0 Å². The van der Waals surface area contributed by atoms with Gasteiger partial charge in [-0.05, 0) is 24.3 Å². The Morgan fingerprint density at radius 1 is 1.03 bits per heavy atom. The van der Waals surface area contributed by atoms with E-state index in [2.05, 4.69) is 0 Å². The van der Waals surface area contributed by atoms with E-state index in [4.69, 9.17) is 23.7 Å². The third-order valence-corrected chi connectivity index (χ3v) is 4.68. The van der Waals surface area contributed by atoms with Crippen LogP contribution in [0.3, 0.4) is 0 Å². The molecular weight excluding hydrogens is 378 g/mol. The lowest BCUT2D eigenvalue weighted by Crippen LogP contribution is -2.48. The molecule has 0 unspecified atom stereocenters. The summed E-state index contributed by atoms with van der Waals surface area (Å²) in [6.45, 7) is 0.169. The minimum atomic E-state index is -0.524. The average Bonchev–Trinajstić information content (AvgIpc) is 2.77. The van der Waals surface area contributed by atoms with Crippen LogP contribution in [0.25, 0.3) is 0 Å². The zero-order valence-corrected chi connectivity index (χ0v) is 16.8. The topological polar surface area (TPSA) is 83.5 Å². The SMILES string of the molecule is COC(=O)C[C@@H]1COc2ccccc2N1C(=O)c1cc(OC)c(OC)c(OC)c1. The van der Waals surface area contributed by atoms with E-state index in [-0.39, 0.29) is 18.9 Å². The summed E-state index contributed by atoms with van der Waals surface area (Å²) in [6.07, 6.45) is 0.000991. The summed E-state index contributed by atoms with van der Waals surface area (Å²) >= 11 is 0. The van der Waals surface area contributed by atoms with Gasteiger partial charge in [0.25, 0.3) is 5.91 Å². The Bertz CT molecular complexity index is 887. The summed E-state index contributed by atoms with van der Waals surface area (Å²) in [5, 5.41) is 0. The van der Waals surface area contributed by atoms with Gasteiger partial charge in [-0.1, -0.05) is 12.1 Å². The van der Waals surface area contributed by atoms with Gasteiger partial charge in [-0.25, -0.2) is 0 Å². The van der Waals surface area contributed by atoms with Crippen LogP contribution >= 0.6 is 0 Å². The molecule has 0 fully saturated rings. The molecule has 0 N–H and O–H groups in total. The summed E-state index contributed by atoms with van der Waals surface area (Å²) in [7, 11) is 5.77. The molecule has 2 aromatic carbocycles. The standard InChI is InChI=1S/C21H23NO7/c1-25-17-9-13(10-18(26-2)20(17)28-4)21(24)22-14(11-19(23)27-3)12-29-16-8-6-5-7-15(16)22/h5-10,14H,11-12H2,1-4H3/t14-/m1/s1. The second-order valence-corrected chi connectivity index (χ2v) is 6.30. The smallest absolute Gasteiger partial charge is 0.307 e. The van der Waals surface area contributed by atoms with Crippen molar-refractivity contribution in [2.75, 3.05) is 39.9 Å². The van der Waals surface area contributed by atoms with E-state index >= 15 is 0 Å². The van der Waals surface area contributed by atoms with Crippen molar-refractivity contribution in [2.24, 2.45) is 0 Å². The van der Waals surface area contributed by atoms with E-state index < -0.39 is 12.0 Å². The van der Waals surface area contributed by atoms with E-state index in [1.54, 1.807) is 35.2 Å². The van der Waals surface area contributed by atoms with Gasteiger partial charge in [0.2, 0.25) is 5.75 Å². The molecule has 0 aromatic heterocycles. The van der Waals surface area contributed by atoms with E-state index in [1.165, 1.54) is 28.4 Å². The largest absolute Gasteiger partial charge is 0.493 e. The van der Waals surface area contributed by atoms with Crippen molar-refractivity contribution in [3.63, 3.8) is 0 Å². The molecule has 1 heterocycles. The molecule has 0 spiro atoms. The lowest BCUT2D eigenvalue weighted by Gasteiger charge is -2.36. The minimum Gasteiger partial charge on any atom is -0.493 e. The number of anilines is 1. The van der Waals surface area contributed by atoms with Crippen molar-refractivity contribution in [3.05, 3.63) is 42.0 Å². The molecule has 0 aliphatic carbocycles. The highest BCUT2D eigenvalue weighted by molar-refractivity contribution is 6.08. The number of rotatable bonds is 6. The second kappa shape index (κ2) is 8.72. The number of esters is 1. The van der Waals surface area contributed by atoms with Gasteiger partial charge in [-0.3, -0.25) is 14.5 Å². The number of para-hydroxylation sites is 2. The number of nitrogens with zero attached hydrogens (tertiary/aromatic N) is 1. The van der Waals surface area contributed by atoms with Crippen LogP contribution in [-0.2, 0) is 9.53 Å². The molecule has 0 radical (unpaired) electrons. The fourth-order valence-electron chi connectivity index (χ4n) is 3.28. The number of carbonyl (C=O) groups excluding carboxylic acids is 2.